The van der Waals surface area contributed by atoms with Crippen LogP contribution in [0.1, 0.15) is 86.5 Å². The fourth-order valence-electron chi connectivity index (χ4n) is 1.60. The van der Waals surface area contributed by atoms with Crippen LogP contribution in [0.15, 0.2) is 0 Å². The van der Waals surface area contributed by atoms with Gasteiger partial charge in [-0.1, -0.05) is 60.3 Å². The largest absolute Gasteiger partial charge is 0.481 e. The third kappa shape index (κ3) is 42.9. The van der Waals surface area contributed by atoms with Gasteiger partial charge in [-0.3, -0.25) is 4.79 Å². The van der Waals surface area contributed by atoms with Crippen molar-refractivity contribution in [1.29, 1.82) is 0 Å². The average Bonchev–Trinajstić information content (AvgIpc) is 2.60. The first-order valence-corrected chi connectivity index (χ1v) is 9.64. The molecule has 150 valence electrons. The number of nitrogens with two attached hydrogens (primary N) is 1. The van der Waals surface area contributed by atoms with Gasteiger partial charge in [0.1, 0.15) is 0 Å². The Bertz CT molecular complexity index is 194. The summed E-state index contributed by atoms with van der Waals surface area (Å²) in [5, 5.41) is 16.3. The van der Waals surface area contributed by atoms with Crippen LogP contribution >= 0.6 is 0 Å². The zero-order chi connectivity index (χ0) is 19.6. The lowest BCUT2D eigenvalue weighted by atomic mass is 10.00. The van der Waals surface area contributed by atoms with Gasteiger partial charge in [0.2, 0.25) is 0 Å². The Morgan fingerprint density at radius 2 is 1.62 bits per heavy atom. The number of unbranched alkanes of at least 4 members (excludes halogenated alkanes) is 2. The van der Waals surface area contributed by atoms with Gasteiger partial charge in [0.05, 0.1) is 13.0 Å². The smallest absolute Gasteiger partial charge is 0.305 e. The van der Waals surface area contributed by atoms with Gasteiger partial charge < -0.3 is 20.7 Å². The number of hydrogen-bond donors (Lipinski definition) is 3. The van der Waals surface area contributed by atoms with Crippen LogP contribution in [-0.2, 0) is 9.53 Å². The molecule has 24 heavy (non-hydrogen) atoms. The van der Waals surface area contributed by atoms with E-state index in [4.69, 9.17) is 20.7 Å². The molecule has 0 atom stereocenters. The summed E-state index contributed by atoms with van der Waals surface area (Å²) < 4.78 is 4.76. The van der Waals surface area contributed by atoms with E-state index >= 15 is 0 Å². The second kappa shape index (κ2) is 33.8. The molecule has 0 bridgehead atoms. The first-order chi connectivity index (χ1) is 11.5. The minimum absolute atomic E-state index is 0.105. The van der Waals surface area contributed by atoms with E-state index < -0.39 is 5.97 Å². The lowest BCUT2D eigenvalue weighted by Crippen LogP contribution is -2.06. The molecule has 0 aliphatic carbocycles. The van der Waals surface area contributed by atoms with Gasteiger partial charge in [0, 0.05) is 13.2 Å². The van der Waals surface area contributed by atoms with Crippen molar-refractivity contribution >= 4 is 5.97 Å². The van der Waals surface area contributed by atoms with Crippen molar-refractivity contribution in [3.05, 3.63) is 0 Å². The lowest BCUT2D eigenvalue weighted by molar-refractivity contribution is -0.138. The summed E-state index contributed by atoms with van der Waals surface area (Å²) in [6, 6.07) is 0. The Balaban J connectivity index is -0.000000120. The average molecular weight is 352 g/mol. The summed E-state index contributed by atoms with van der Waals surface area (Å²) in [4.78, 5) is 9.79. The van der Waals surface area contributed by atoms with Gasteiger partial charge in [-0.15, -0.1) is 0 Å². The summed E-state index contributed by atoms with van der Waals surface area (Å²) in [7, 11) is 0. The predicted molar refractivity (Wildman–Crippen MR) is 104 cm³/mol. The quantitative estimate of drug-likeness (QED) is 0.478. The highest BCUT2D eigenvalue weighted by molar-refractivity contribution is 5.66. The molecule has 0 spiro atoms. The molecule has 0 fully saturated rings. The van der Waals surface area contributed by atoms with Crippen molar-refractivity contribution in [1.82, 2.24) is 0 Å². The van der Waals surface area contributed by atoms with E-state index in [-0.39, 0.29) is 6.42 Å². The SMILES string of the molecule is CC.CCC(CC)CCN.CCCCCO.CCOCCC(=O)O. The summed E-state index contributed by atoms with van der Waals surface area (Å²) >= 11 is 0. The van der Waals surface area contributed by atoms with Gasteiger partial charge in [-0.25, -0.2) is 0 Å². The Labute approximate surface area is 151 Å². The Kier molecular flexibility index (Phi) is 43.9. The topological polar surface area (TPSA) is 92.8 Å². The summed E-state index contributed by atoms with van der Waals surface area (Å²) in [5.74, 6) is 0.0680. The maximum atomic E-state index is 9.79. The van der Waals surface area contributed by atoms with Crippen LogP contribution in [0, 0.1) is 5.92 Å². The van der Waals surface area contributed by atoms with Crippen molar-refractivity contribution in [2.75, 3.05) is 26.4 Å². The van der Waals surface area contributed by atoms with Gasteiger partial charge in [0.25, 0.3) is 0 Å². The van der Waals surface area contributed by atoms with Gasteiger partial charge in [-0.2, -0.15) is 0 Å². The molecule has 0 saturated heterocycles. The van der Waals surface area contributed by atoms with Crippen LogP contribution in [0.4, 0.5) is 0 Å². The van der Waals surface area contributed by atoms with Crippen LogP contribution in [-0.4, -0.2) is 42.5 Å². The molecule has 5 nitrogen and oxygen atoms in total. The molecule has 0 aromatic heterocycles. The number of ether oxygens (including phenoxy) is 1. The summed E-state index contributed by atoms with van der Waals surface area (Å²) in [5.41, 5.74) is 5.38. The molecular formula is C19H45NO4. The standard InChI is InChI=1S/C7H17N.C5H10O3.C5H12O.C2H6/c1-3-7(4-2)5-6-8;1-2-8-4-3-5(6)7;1-2-3-4-5-6;1-2/h7H,3-6,8H2,1-2H3;2-4H2,1H3,(H,6,7);6H,2-5H2,1H3;1-2H3. The molecule has 0 aromatic carbocycles. The molecule has 0 aliphatic heterocycles. The molecule has 0 radical (unpaired) electrons. The molecule has 0 amide bonds. The minimum Gasteiger partial charge on any atom is -0.481 e. The monoisotopic (exact) mass is 351 g/mol. The molecule has 0 aromatic rings. The highest BCUT2D eigenvalue weighted by atomic mass is 16.5. The van der Waals surface area contributed by atoms with E-state index in [9.17, 15) is 4.79 Å². The second-order valence-corrected chi connectivity index (χ2v) is 5.03. The zero-order valence-electron chi connectivity index (χ0n) is 17.1. The summed E-state index contributed by atoms with van der Waals surface area (Å²) in [6.07, 6.45) is 7.20. The van der Waals surface area contributed by atoms with Crippen LogP contribution in [0.25, 0.3) is 0 Å². The Hall–Kier alpha value is -0.650. The third-order valence-corrected chi connectivity index (χ3v) is 3.16. The molecule has 0 rings (SSSR count). The van der Waals surface area contributed by atoms with E-state index in [1.165, 1.54) is 25.7 Å². The number of aliphatic hydroxyl groups is 1. The number of carboxylic acid groups (broad SMARTS) is 1. The Morgan fingerprint density at radius 1 is 1.08 bits per heavy atom. The van der Waals surface area contributed by atoms with Crippen molar-refractivity contribution in [2.45, 2.75) is 86.5 Å². The number of aliphatic carboxylic acids is 1. The van der Waals surface area contributed by atoms with Gasteiger partial charge >= 0.3 is 5.97 Å². The van der Waals surface area contributed by atoms with E-state index in [2.05, 4.69) is 20.8 Å². The maximum absolute atomic E-state index is 9.79. The number of rotatable bonds is 11. The zero-order valence-corrected chi connectivity index (χ0v) is 17.1. The van der Waals surface area contributed by atoms with Crippen molar-refractivity contribution in [2.24, 2.45) is 11.7 Å². The van der Waals surface area contributed by atoms with Crippen LogP contribution in [0.3, 0.4) is 0 Å². The molecule has 5 heteroatoms. The van der Waals surface area contributed by atoms with E-state index in [0.717, 1.165) is 25.3 Å². The highest BCUT2D eigenvalue weighted by Crippen LogP contribution is 2.09. The molecule has 0 saturated carbocycles. The molecule has 0 unspecified atom stereocenters. The normalized spacial score (nSPS) is 9.04. The molecular weight excluding hydrogens is 306 g/mol. The second-order valence-electron chi connectivity index (χ2n) is 5.03. The van der Waals surface area contributed by atoms with E-state index in [0.29, 0.717) is 19.8 Å². The van der Waals surface area contributed by atoms with Crippen molar-refractivity contribution in [3.63, 3.8) is 0 Å². The van der Waals surface area contributed by atoms with E-state index in [1.54, 1.807) is 0 Å². The van der Waals surface area contributed by atoms with Gasteiger partial charge in [-0.05, 0) is 32.2 Å². The number of carboxylic acids is 1. The van der Waals surface area contributed by atoms with Gasteiger partial charge in [0.15, 0.2) is 0 Å². The molecule has 0 aliphatic rings. The Morgan fingerprint density at radius 3 is 1.83 bits per heavy atom. The lowest BCUT2D eigenvalue weighted by Gasteiger charge is -2.08. The number of hydrogen-bond acceptors (Lipinski definition) is 4. The van der Waals surface area contributed by atoms with Crippen LogP contribution in [0.2, 0.25) is 0 Å². The number of carbonyl (C=O) groups is 1. The fraction of sp³-hybridized carbons (Fsp3) is 0.947. The number of aliphatic hydroxyl groups excluding tert-OH is 1. The van der Waals surface area contributed by atoms with Crippen LogP contribution < -0.4 is 5.73 Å². The molecule has 4 N–H and O–H groups in total. The van der Waals surface area contributed by atoms with Crippen molar-refractivity contribution < 1.29 is 19.7 Å². The first kappa shape index (κ1) is 31.2. The van der Waals surface area contributed by atoms with Crippen LogP contribution in [0.5, 0.6) is 0 Å². The minimum atomic E-state index is -0.807. The van der Waals surface area contributed by atoms with E-state index in [1.807, 2.05) is 20.8 Å². The summed E-state index contributed by atoms with van der Waals surface area (Å²) in [6.45, 7) is 14.5. The first-order valence-electron chi connectivity index (χ1n) is 9.64. The third-order valence-electron chi connectivity index (χ3n) is 3.16. The maximum Gasteiger partial charge on any atom is 0.305 e. The van der Waals surface area contributed by atoms with Crippen molar-refractivity contribution in [3.8, 4) is 0 Å². The predicted octanol–water partition coefficient (Wildman–Crippen LogP) is 4.46. The highest BCUT2D eigenvalue weighted by Gasteiger charge is 1.99. The fourth-order valence-corrected chi connectivity index (χ4v) is 1.60. The molecule has 0 heterocycles.